The van der Waals surface area contributed by atoms with Gasteiger partial charge in [-0.1, -0.05) is 0 Å². The molecule has 1 saturated heterocycles. The first-order valence-corrected chi connectivity index (χ1v) is 5.50. The fourth-order valence-corrected chi connectivity index (χ4v) is 2.10. The van der Waals surface area contributed by atoms with E-state index in [9.17, 15) is 9.50 Å². The minimum absolute atomic E-state index is 0.232. The Labute approximate surface area is 101 Å². The molecule has 3 rings (SSSR count). The average Bonchev–Trinajstić information content (AvgIpc) is 2.88. The van der Waals surface area contributed by atoms with Crippen LogP contribution >= 0.6 is 0 Å². The van der Waals surface area contributed by atoms with E-state index in [1.165, 1.54) is 17.2 Å². The highest BCUT2D eigenvalue weighted by Gasteiger charge is 2.43. The Bertz CT molecular complexity index is 589. The van der Waals surface area contributed by atoms with Crippen LogP contribution in [0.25, 0.3) is 11.2 Å². The lowest BCUT2D eigenvalue weighted by Crippen LogP contribution is -2.26. The average molecular weight is 252 g/mol. The van der Waals surface area contributed by atoms with Crippen LogP contribution in [0.2, 0.25) is 0 Å². The number of hydrogen-bond acceptors (Lipinski definition) is 6. The van der Waals surface area contributed by atoms with Crippen LogP contribution < -0.4 is 5.73 Å². The van der Waals surface area contributed by atoms with Crippen molar-refractivity contribution in [1.29, 1.82) is 0 Å². The fourth-order valence-electron chi connectivity index (χ4n) is 2.10. The highest BCUT2D eigenvalue weighted by atomic mass is 18.2. The SMILES string of the molecule is C[C@H]1O[C@@H](n2cnc3c(N)ncnc32)[C@H](O)[C@H]1[18F]. The Morgan fingerprint density at radius 2 is 2.22 bits per heavy atom. The number of nitrogens with two attached hydrogens (primary N) is 1. The van der Waals surface area contributed by atoms with Gasteiger partial charge in [-0.25, -0.2) is 19.3 Å². The molecule has 2 aromatic heterocycles. The molecule has 1 fully saturated rings. The van der Waals surface area contributed by atoms with Gasteiger partial charge in [-0.2, -0.15) is 0 Å². The maximum atomic E-state index is 13.6. The minimum atomic E-state index is -1.44. The van der Waals surface area contributed by atoms with Crippen molar-refractivity contribution < 1.29 is 14.2 Å². The van der Waals surface area contributed by atoms with Crippen molar-refractivity contribution >= 4 is 17.0 Å². The lowest BCUT2D eigenvalue weighted by Gasteiger charge is -2.15. The maximum absolute atomic E-state index is 13.6. The molecular weight excluding hydrogens is 240 g/mol. The predicted molar refractivity (Wildman–Crippen MR) is 60.2 cm³/mol. The number of aliphatic hydroxyl groups is 1. The number of hydrogen-bond donors (Lipinski definition) is 2. The summed E-state index contributed by atoms with van der Waals surface area (Å²) in [5.41, 5.74) is 6.47. The molecule has 1 aliphatic rings. The summed E-state index contributed by atoms with van der Waals surface area (Å²) in [7, 11) is 0. The quantitative estimate of drug-likeness (QED) is 0.742. The molecule has 7 nitrogen and oxygen atoms in total. The summed E-state index contributed by atoms with van der Waals surface area (Å²) in [6, 6.07) is 0. The van der Waals surface area contributed by atoms with Crippen LogP contribution in [0.15, 0.2) is 12.7 Å². The Morgan fingerprint density at radius 3 is 2.89 bits per heavy atom. The summed E-state index contributed by atoms with van der Waals surface area (Å²) in [6.45, 7) is 1.57. The van der Waals surface area contributed by atoms with Crippen LogP contribution in [0.3, 0.4) is 0 Å². The van der Waals surface area contributed by atoms with Gasteiger partial charge in [0.2, 0.25) is 0 Å². The largest absolute Gasteiger partial charge is 0.385 e. The number of rotatable bonds is 1. The highest BCUT2D eigenvalue weighted by Crippen LogP contribution is 2.33. The van der Waals surface area contributed by atoms with Crippen molar-refractivity contribution in [2.75, 3.05) is 5.73 Å². The van der Waals surface area contributed by atoms with Crippen molar-refractivity contribution in [2.24, 2.45) is 0 Å². The number of imidazole rings is 1. The predicted octanol–water partition coefficient (Wildman–Crippen LogP) is 0.0248. The standard InChI is InChI=1S/C10H12FN5O2/c1-4-5(11)7(17)10(18-4)16-3-15-6-8(12)13-2-14-9(6)16/h2-5,7,10,17H,1H3,(H2,12,13,14)/t4-,5+,7-,10-/m1/s1/i11-1. The Kier molecular flexibility index (Phi) is 2.42. The Morgan fingerprint density at radius 1 is 1.44 bits per heavy atom. The minimum Gasteiger partial charge on any atom is -0.385 e. The molecule has 3 heterocycles. The van der Waals surface area contributed by atoms with E-state index in [1.807, 2.05) is 0 Å². The summed E-state index contributed by atoms with van der Waals surface area (Å²) in [4.78, 5) is 11.9. The van der Waals surface area contributed by atoms with E-state index in [-0.39, 0.29) is 5.82 Å². The van der Waals surface area contributed by atoms with Gasteiger partial charge in [0.1, 0.15) is 17.9 Å². The molecule has 8 heteroatoms. The number of nitrogen functional groups attached to an aromatic ring is 1. The van der Waals surface area contributed by atoms with Gasteiger partial charge in [-0.3, -0.25) is 4.57 Å². The van der Waals surface area contributed by atoms with Gasteiger partial charge in [0.05, 0.1) is 12.4 Å². The molecule has 96 valence electrons. The molecule has 0 radical (unpaired) electrons. The fraction of sp³-hybridized carbons (Fsp3) is 0.500. The monoisotopic (exact) mass is 252 g/mol. The first kappa shape index (κ1) is 11.3. The number of halogens is 1. The molecule has 1 aliphatic heterocycles. The van der Waals surface area contributed by atoms with E-state index in [0.717, 1.165) is 0 Å². The first-order chi connectivity index (χ1) is 8.59. The molecule has 0 unspecified atom stereocenters. The number of ether oxygens (including phenoxy) is 1. The Hall–Kier alpha value is -1.80. The van der Waals surface area contributed by atoms with Crippen LogP contribution in [0.4, 0.5) is 10.2 Å². The molecule has 2 aromatic rings. The maximum Gasteiger partial charge on any atom is 0.167 e. The van der Waals surface area contributed by atoms with Crippen LogP contribution in [0.1, 0.15) is 13.2 Å². The molecule has 0 spiro atoms. The van der Waals surface area contributed by atoms with Crippen molar-refractivity contribution in [3.05, 3.63) is 12.7 Å². The van der Waals surface area contributed by atoms with E-state index in [4.69, 9.17) is 10.5 Å². The lowest BCUT2D eigenvalue weighted by atomic mass is 10.2. The third kappa shape index (κ3) is 1.46. The second-order valence-corrected chi connectivity index (χ2v) is 4.25. The molecule has 0 saturated carbocycles. The third-order valence-electron chi connectivity index (χ3n) is 3.08. The third-order valence-corrected chi connectivity index (χ3v) is 3.08. The van der Waals surface area contributed by atoms with E-state index in [1.54, 1.807) is 6.92 Å². The van der Waals surface area contributed by atoms with Gasteiger partial charge in [0.25, 0.3) is 0 Å². The summed E-state index contributed by atoms with van der Waals surface area (Å²) >= 11 is 0. The molecule has 3 N–H and O–H groups in total. The van der Waals surface area contributed by atoms with Crippen molar-refractivity contribution in [2.45, 2.75) is 31.5 Å². The summed E-state index contributed by atoms with van der Waals surface area (Å²) in [6.07, 6.45) is -1.53. The van der Waals surface area contributed by atoms with Gasteiger partial charge >= 0.3 is 0 Å². The van der Waals surface area contributed by atoms with E-state index >= 15 is 0 Å². The van der Waals surface area contributed by atoms with Gasteiger partial charge in [-0.15, -0.1) is 0 Å². The van der Waals surface area contributed by atoms with Gasteiger partial charge in [0.15, 0.2) is 23.9 Å². The Balaban J connectivity index is 2.08. The van der Waals surface area contributed by atoms with Crippen molar-refractivity contribution in [3.8, 4) is 0 Å². The van der Waals surface area contributed by atoms with Gasteiger partial charge in [-0.05, 0) is 6.92 Å². The number of fused-ring (bicyclic) bond motifs is 1. The van der Waals surface area contributed by atoms with Crippen LogP contribution in [-0.2, 0) is 4.74 Å². The first-order valence-electron chi connectivity index (χ1n) is 5.50. The normalized spacial score (nSPS) is 32.2. The van der Waals surface area contributed by atoms with Crippen LogP contribution in [0.5, 0.6) is 0 Å². The number of aromatic nitrogens is 4. The van der Waals surface area contributed by atoms with E-state index in [0.29, 0.717) is 11.2 Å². The van der Waals surface area contributed by atoms with Gasteiger partial charge in [0, 0.05) is 0 Å². The summed E-state index contributed by atoms with van der Waals surface area (Å²) in [5.74, 6) is 0.232. The second kappa shape index (κ2) is 3.85. The van der Waals surface area contributed by atoms with Crippen molar-refractivity contribution in [3.63, 3.8) is 0 Å². The van der Waals surface area contributed by atoms with Crippen LogP contribution in [0, 0.1) is 0 Å². The molecule has 0 aliphatic carbocycles. The molecule has 0 aromatic carbocycles. The van der Waals surface area contributed by atoms with Gasteiger partial charge < -0.3 is 15.6 Å². The zero-order valence-corrected chi connectivity index (χ0v) is 9.56. The number of alkyl halides is 1. The smallest absolute Gasteiger partial charge is 0.167 e. The molecule has 18 heavy (non-hydrogen) atoms. The van der Waals surface area contributed by atoms with Crippen LogP contribution in [-0.4, -0.2) is 43.0 Å². The molecule has 0 amide bonds. The van der Waals surface area contributed by atoms with Crippen molar-refractivity contribution in [1.82, 2.24) is 19.5 Å². The topological polar surface area (TPSA) is 99.1 Å². The molecule has 0 bridgehead atoms. The molecule has 4 atom stereocenters. The van der Waals surface area contributed by atoms with E-state index < -0.39 is 24.6 Å². The molecular formula is C10H12FN5O2. The number of aliphatic hydroxyl groups excluding tert-OH is 1. The highest BCUT2D eigenvalue weighted by molar-refractivity contribution is 5.81. The zero-order valence-electron chi connectivity index (χ0n) is 9.56. The number of anilines is 1. The summed E-state index contributed by atoms with van der Waals surface area (Å²) in [5, 5.41) is 9.81. The number of nitrogens with zero attached hydrogens (tertiary/aromatic N) is 4. The zero-order chi connectivity index (χ0) is 12.9. The lowest BCUT2D eigenvalue weighted by molar-refractivity contribution is -0.0298. The second-order valence-electron chi connectivity index (χ2n) is 4.25. The summed E-state index contributed by atoms with van der Waals surface area (Å²) < 4.78 is 20.4. The van der Waals surface area contributed by atoms with E-state index in [2.05, 4.69) is 15.0 Å².